The number of alkyl halides is 3. The lowest BCUT2D eigenvalue weighted by molar-refractivity contribution is -0.246. The smallest absolute Gasteiger partial charge is 0.343 e. The molecule has 96 valence electrons. The molecule has 1 fully saturated rings. The van der Waals surface area contributed by atoms with Crippen LogP contribution in [0.4, 0.5) is 13.2 Å². The quantitative estimate of drug-likeness (QED) is 0.819. The molecule has 0 aliphatic carbocycles. The van der Waals surface area contributed by atoms with Crippen LogP contribution in [0.2, 0.25) is 0 Å². The Morgan fingerprint density at radius 2 is 2.35 bits per heavy atom. The number of rotatable bonds is 3. The van der Waals surface area contributed by atoms with Crippen LogP contribution in [0.1, 0.15) is 19.8 Å². The van der Waals surface area contributed by atoms with Crippen LogP contribution in [0.25, 0.3) is 0 Å². The Labute approximate surface area is 95.5 Å². The summed E-state index contributed by atoms with van der Waals surface area (Å²) in [6.07, 6.45) is -1.46. The number of aromatic nitrogens is 3. The Balaban J connectivity index is 1.91. The van der Waals surface area contributed by atoms with Crippen molar-refractivity contribution in [3.63, 3.8) is 0 Å². The summed E-state index contributed by atoms with van der Waals surface area (Å²) in [4.78, 5) is 3.77. The number of ether oxygens (including phenoxy) is 2. The van der Waals surface area contributed by atoms with Crippen molar-refractivity contribution < 1.29 is 22.6 Å². The van der Waals surface area contributed by atoms with E-state index in [1.165, 1.54) is 17.3 Å². The Morgan fingerprint density at radius 3 is 2.94 bits per heavy atom. The molecule has 0 radical (unpaired) electrons. The van der Waals surface area contributed by atoms with E-state index in [0.717, 1.165) is 0 Å². The van der Waals surface area contributed by atoms with Gasteiger partial charge in [0.05, 0.1) is 0 Å². The first-order chi connectivity index (χ1) is 7.89. The van der Waals surface area contributed by atoms with Crippen LogP contribution in [0, 0.1) is 0 Å². The first kappa shape index (κ1) is 12.3. The van der Waals surface area contributed by atoms with Crippen LogP contribution < -0.4 is 0 Å². The second kappa shape index (κ2) is 4.26. The molecule has 0 aromatic carbocycles. The minimum Gasteiger partial charge on any atom is -0.343 e. The topological polar surface area (TPSA) is 49.2 Å². The molecular weight excluding hydrogens is 239 g/mol. The van der Waals surface area contributed by atoms with Gasteiger partial charge >= 0.3 is 6.18 Å². The van der Waals surface area contributed by atoms with E-state index >= 15 is 0 Å². The Kier molecular flexibility index (Phi) is 3.09. The molecule has 1 aliphatic rings. The van der Waals surface area contributed by atoms with Crippen molar-refractivity contribution >= 4 is 0 Å². The maximum Gasteiger partial charge on any atom is 0.411 e. The van der Waals surface area contributed by atoms with E-state index in [1.54, 1.807) is 6.92 Å². The zero-order valence-electron chi connectivity index (χ0n) is 9.15. The van der Waals surface area contributed by atoms with Gasteiger partial charge in [-0.2, -0.15) is 18.3 Å². The molecule has 2 heterocycles. The number of halogens is 3. The normalized spacial score (nSPS) is 29.8. The second-order valence-corrected chi connectivity index (χ2v) is 4.03. The standard InChI is InChI=1S/C9H12F3N3O2/c1-8(15-6-13-5-14-15)3-2-7(17-8)16-4-9(10,11)12/h5-7H,2-4H2,1H3. The third-order valence-electron chi connectivity index (χ3n) is 2.57. The summed E-state index contributed by atoms with van der Waals surface area (Å²) in [6.45, 7) is 0.434. The van der Waals surface area contributed by atoms with Gasteiger partial charge in [-0.15, -0.1) is 0 Å². The van der Waals surface area contributed by atoms with Crippen LogP contribution in [0.5, 0.6) is 0 Å². The molecule has 2 rings (SSSR count). The minimum absolute atomic E-state index is 0.395. The molecule has 1 aliphatic heterocycles. The molecule has 0 N–H and O–H groups in total. The van der Waals surface area contributed by atoms with Crippen molar-refractivity contribution in [1.82, 2.24) is 14.8 Å². The lowest BCUT2D eigenvalue weighted by Crippen LogP contribution is -2.32. The third kappa shape index (κ3) is 2.95. The molecule has 2 atom stereocenters. The van der Waals surface area contributed by atoms with E-state index < -0.39 is 24.8 Å². The Morgan fingerprint density at radius 1 is 1.59 bits per heavy atom. The highest BCUT2D eigenvalue weighted by Gasteiger charge is 2.40. The number of hydrogen-bond donors (Lipinski definition) is 0. The van der Waals surface area contributed by atoms with Crippen molar-refractivity contribution in [1.29, 1.82) is 0 Å². The zero-order chi connectivity index (χ0) is 12.5. The van der Waals surface area contributed by atoms with Gasteiger partial charge in [0.2, 0.25) is 0 Å². The van der Waals surface area contributed by atoms with Crippen LogP contribution in [0.3, 0.4) is 0 Å². The molecule has 0 bridgehead atoms. The van der Waals surface area contributed by atoms with E-state index in [-0.39, 0.29) is 0 Å². The first-order valence-electron chi connectivity index (χ1n) is 5.10. The zero-order valence-corrected chi connectivity index (χ0v) is 9.15. The van der Waals surface area contributed by atoms with Gasteiger partial charge in [0, 0.05) is 12.8 Å². The SMILES string of the molecule is CC1(n2cncn2)CCC(OCC(F)(F)F)O1. The largest absolute Gasteiger partial charge is 0.411 e. The lowest BCUT2D eigenvalue weighted by Gasteiger charge is -2.24. The van der Waals surface area contributed by atoms with Gasteiger partial charge in [-0.1, -0.05) is 0 Å². The van der Waals surface area contributed by atoms with Crippen LogP contribution in [-0.2, 0) is 15.2 Å². The number of nitrogens with zero attached hydrogens (tertiary/aromatic N) is 3. The predicted octanol–water partition coefficient (Wildman–Crippen LogP) is 1.67. The lowest BCUT2D eigenvalue weighted by atomic mass is 10.2. The van der Waals surface area contributed by atoms with E-state index in [4.69, 9.17) is 4.74 Å². The maximum absolute atomic E-state index is 12.0. The molecule has 1 aromatic rings. The minimum atomic E-state index is -4.34. The summed E-state index contributed by atoms with van der Waals surface area (Å²) in [5.41, 5.74) is -0.785. The Bertz CT molecular complexity index is 368. The van der Waals surface area contributed by atoms with Gasteiger partial charge < -0.3 is 9.47 Å². The molecule has 8 heteroatoms. The third-order valence-corrected chi connectivity index (χ3v) is 2.57. The average molecular weight is 251 g/mol. The van der Waals surface area contributed by atoms with E-state index in [2.05, 4.69) is 14.8 Å². The second-order valence-electron chi connectivity index (χ2n) is 4.03. The first-order valence-corrected chi connectivity index (χ1v) is 5.10. The molecule has 1 saturated heterocycles. The highest BCUT2D eigenvalue weighted by Crippen LogP contribution is 2.34. The summed E-state index contributed by atoms with van der Waals surface area (Å²) < 4.78 is 47.5. The Hall–Kier alpha value is -1.15. The highest BCUT2D eigenvalue weighted by atomic mass is 19.4. The maximum atomic E-state index is 12.0. The van der Waals surface area contributed by atoms with Gasteiger partial charge in [-0.05, 0) is 6.92 Å². The summed E-state index contributed by atoms with van der Waals surface area (Å²) in [7, 11) is 0. The summed E-state index contributed by atoms with van der Waals surface area (Å²) in [5, 5.41) is 3.92. The highest BCUT2D eigenvalue weighted by molar-refractivity contribution is 4.79. The number of hydrogen-bond acceptors (Lipinski definition) is 4. The van der Waals surface area contributed by atoms with Crippen LogP contribution >= 0.6 is 0 Å². The molecule has 1 aromatic heterocycles. The summed E-state index contributed by atoms with van der Waals surface area (Å²) in [6, 6.07) is 0. The predicted molar refractivity (Wildman–Crippen MR) is 49.8 cm³/mol. The summed E-state index contributed by atoms with van der Waals surface area (Å²) in [5.74, 6) is 0. The van der Waals surface area contributed by atoms with Crippen LogP contribution in [-0.4, -0.2) is 33.8 Å². The molecular formula is C9H12F3N3O2. The van der Waals surface area contributed by atoms with E-state index in [9.17, 15) is 13.2 Å². The van der Waals surface area contributed by atoms with Crippen molar-refractivity contribution in [2.24, 2.45) is 0 Å². The van der Waals surface area contributed by atoms with Gasteiger partial charge in [0.15, 0.2) is 12.0 Å². The van der Waals surface area contributed by atoms with Gasteiger partial charge in [-0.25, -0.2) is 9.67 Å². The fourth-order valence-electron chi connectivity index (χ4n) is 1.71. The van der Waals surface area contributed by atoms with Crippen molar-refractivity contribution in [3.8, 4) is 0 Å². The monoisotopic (exact) mass is 251 g/mol. The van der Waals surface area contributed by atoms with Gasteiger partial charge in [0.25, 0.3) is 0 Å². The molecule has 2 unspecified atom stereocenters. The molecule has 5 nitrogen and oxygen atoms in total. The van der Waals surface area contributed by atoms with Gasteiger partial charge in [0.1, 0.15) is 19.3 Å². The van der Waals surface area contributed by atoms with Crippen molar-refractivity contribution in [3.05, 3.63) is 12.7 Å². The van der Waals surface area contributed by atoms with E-state index in [1.807, 2.05) is 0 Å². The van der Waals surface area contributed by atoms with Gasteiger partial charge in [-0.3, -0.25) is 0 Å². The van der Waals surface area contributed by atoms with E-state index in [0.29, 0.717) is 12.8 Å². The van der Waals surface area contributed by atoms with Crippen molar-refractivity contribution in [2.75, 3.05) is 6.61 Å². The molecule has 17 heavy (non-hydrogen) atoms. The molecule has 0 amide bonds. The summed E-state index contributed by atoms with van der Waals surface area (Å²) >= 11 is 0. The molecule has 0 saturated carbocycles. The molecule has 0 spiro atoms. The van der Waals surface area contributed by atoms with Crippen LogP contribution in [0.15, 0.2) is 12.7 Å². The fourth-order valence-corrected chi connectivity index (χ4v) is 1.71. The van der Waals surface area contributed by atoms with Crippen molar-refractivity contribution in [2.45, 2.75) is 38.0 Å². The fraction of sp³-hybridized carbons (Fsp3) is 0.778. The average Bonchev–Trinajstić information content (AvgIpc) is 2.83.